The summed E-state index contributed by atoms with van der Waals surface area (Å²) in [5.74, 6) is -0.107. The largest absolute Gasteiger partial charge is 0.349 e. The first-order chi connectivity index (χ1) is 9.61. The number of hydrogen-bond acceptors (Lipinski definition) is 2. The standard InChI is InChI=1S/C15H18ClN3O/c1-3-4-10(2)18-15(20)13-9-17-19-14(13)11-5-7-12(16)8-6-11/h5-10H,3-4H2,1-2H3,(H,17,19)(H,18,20). The summed E-state index contributed by atoms with van der Waals surface area (Å²) in [5.41, 5.74) is 2.15. The van der Waals surface area contributed by atoms with Crippen LogP contribution in [-0.2, 0) is 0 Å². The van der Waals surface area contributed by atoms with Gasteiger partial charge in [-0.05, 0) is 25.5 Å². The summed E-state index contributed by atoms with van der Waals surface area (Å²) in [4.78, 5) is 12.3. The van der Waals surface area contributed by atoms with E-state index in [-0.39, 0.29) is 11.9 Å². The van der Waals surface area contributed by atoms with Crippen molar-refractivity contribution in [2.45, 2.75) is 32.7 Å². The number of hydrogen-bond donors (Lipinski definition) is 2. The Labute approximate surface area is 123 Å². The van der Waals surface area contributed by atoms with E-state index in [9.17, 15) is 4.79 Å². The number of benzene rings is 1. The Hall–Kier alpha value is -1.81. The molecule has 2 rings (SSSR count). The molecule has 2 N–H and O–H groups in total. The molecule has 1 aromatic carbocycles. The second-order valence-electron chi connectivity index (χ2n) is 4.83. The average Bonchev–Trinajstić information content (AvgIpc) is 2.89. The summed E-state index contributed by atoms with van der Waals surface area (Å²) in [6.07, 6.45) is 3.55. The second kappa shape index (κ2) is 6.57. The summed E-state index contributed by atoms with van der Waals surface area (Å²) in [7, 11) is 0. The van der Waals surface area contributed by atoms with Crippen LogP contribution in [0.1, 0.15) is 37.0 Å². The third-order valence-corrected chi connectivity index (χ3v) is 3.37. The van der Waals surface area contributed by atoms with Crippen LogP contribution in [0.5, 0.6) is 0 Å². The van der Waals surface area contributed by atoms with Crippen LogP contribution in [0.2, 0.25) is 5.02 Å². The van der Waals surface area contributed by atoms with Crippen molar-refractivity contribution in [2.75, 3.05) is 0 Å². The molecule has 0 spiro atoms. The van der Waals surface area contributed by atoms with Crippen molar-refractivity contribution in [3.05, 3.63) is 41.0 Å². The Kier molecular flexibility index (Phi) is 4.79. The van der Waals surface area contributed by atoms with Crippen molar-refractivity contribution in [3.63, 3.8) is 0 Å². The van der Waals surface area contributed by atoms with Crippen LogP contribution in [0.3, 0.4) is 0 Å². The van der Waals surface area contributed by atoms with Gasteiger partial charge in [-0.2, -0.15) is 5.10 Å². The number of carbonyl (C=O) groups excluding carboxylic acids is 1. The van der Waals surface area contributed by atoms with Gasteiger partial charge in [-0.1, -0.05) is 37.1 Å². The highest BCUT2D eigenvalue weighted by Crippen LogP contribution is 2.23. The first kappa shape index (κ1) is 14.6. The molecule has 0 fully saturated rings. The molecule has 0 saturated heterocycles. The van der Waals surface area contributed by atoms with Crippen LogP contribution in [0.15, 0.2) is 30.5 Å². The third kappa shape index (κ3) is 3.39. The zero-order valence-electron chi connectivity index (χ0n) is 11.6. The lowest BCUT2D eigenvalue weighted by atomic mass is 10.1. The molecule has 20 heavy (non-hydrogen) atoms. The molecule has 0 aliphatic rings. The summed E-state index contributed by atoms with van der Waals surface area (Å²) < 4.78 is 0. The lowest BCUT2D eigenvalue weighted by Gasteiger charge is -2.12. The van der Waals surface area contributed by atoms with Gasteiger partial charge in [-0.15, -0.1) is 0 Å². The maximum absolute atomic E-state index is 12.3. The van der Waals surface area contributed by atoms with Crippen molar-refractivity contribution in [3.8, 4) is 11.3 Å². The highest BCUT2D eigenvalue weighted by Gasteiger charge is 2.16. The molecule has 0 saturated carbocycles. The lowest BCUT2D eigenvalue weighted by molar-refractivity contribution is 0.0939. The molecule has 0 aliphatic carbocycles. The van der Waals surface area contributed by atoms with Gasteiger partial charge >= 0.3 is 0 Å². The molecule has 1 heterocycles. The van der Waals surface area contributed by atoms with E-state index < -0.39 is 0 Å². The molecule has 0 aliphatic heterocycles. The van der Waals surface area contributed by atoms with E-state index in [1.807, 2.05) is 19.1 Å². The zero-order chi connectivity index (χ0) is 14.5. The van der Waals surface area contributed by atoms with Crippen molar-refractivity contribution in [2.24, 2.45) is 0 Å². The number of nitrogens with zero attached hydrogens (tertiary/aromatic N) is 1. The fourth-order valence-corrected chi connectivity index (χ4v) is 2.23. The fraction of sp³-hybridized carbons (Fsp3) is 0.333. The van der Waals surface area contributed by atoms with E-state index in [1.165, 1.54) is 0 Å². The smallest absolute Gasteiger partial charge is 0.255 e. The highest BCUT2D eigenvalue weighted by atomic mass is 35.5. The molecule has 1 amide bonds. The quantitative estimate of drug-likeness (QED) is 0.883. The number of aromatic amines is 1. The number of rotatable bonds is 5. The minimum atomic E-state index is -0.107. The molecule has 5 heteroatoms. The lowest BCUT2D eigenvalue weighted by Crippen LogP contribution is -2.32. The summed E-state index contributed by atoms with van der Waals surface area (Å²) >= 11 is 5.87. The van der Waals surface area contributed by atoms with E-state index in [2.05, 4.69) is 22.4 Å². The van der Waals surface area contributed by atoms with Crippen molar-refractivity contribution < 1.29 is 4.79 Å². The molecule has 1 atom stereocenters. The number of aromatic nitrogens is 2. The summed E-state index contributed by atoms with van der Waals surface area (Å²) in [6, 6.07) is 7.46. The highest BCUT2D eigenvalue weighted by molar-refractivity contribution is 6.30. The maximum Gasteiger partial charge on any atom is 0.255 e. The molecule has 106 valence electrons. The fourth-order valence-electron chi connectivity index (χ4n) is 2.10. The zero-order valence-corrected chi connectivity index (χ0v) is 12.4. The molecule has 1 unspecified atom stereocenters. The first-order valence-electron chi connectivity index (χ1n) is 6.72. The Bertz CT molecular complexity index is 577. The number of halogens is 1. The molecule has 1 aromatic heterocycles. The van der Waals surface area contributed by atoms with Crippen LogP contribution in [0, 0.1) is 0 Å². The van der Waals surface area contributed by atoms with E-state index in [4.69, 9.17) is 11.6 Å². The first-order valence-corrected chi connectivity index (χ1v) is 7.09. The van der Waals surface area contributed by atoms with Crippen LogP contribution >= 0.6 is 11.6 Å². The van der Waals surface area contributed by atoms with E-state index in [0.717, 1.165) is 18.4 Å². The van der Waals surface area contributed by atoms with Gasteiger partial charge in [0.15, 0.2) is 0 Å². The Morgan fingerprint density at radius 3 is 2.75 bits per heavy atom. The third-order valence-electron chi connectivity index (χ3n) is 3.12. The molecular formula is C15H18ClN3O. The van der Waals surface area contributed by atoms with Crippen molar-refractivity contribution in [1.29, 1.82) is 0 Å². The van der Waals surface area contributed by atoms with Crippen LogP contribution in [-0.4, -0.2) is 22.1 Å². The number of nitrogens with one attached hydrogen (secondary N) is 2. The Morgan fingerprint density at radius 2 is 2.10 bits per heavy atom. The predicted octanol–water partition coefficient (Wildman–Crippen LogP) is 3.65. The summed E-state index contributed by atoms with van der Waals surface area (Å²) in [6.45, 7) is 4.10. The summed E-state index contributed by atoms with van der Waals surface area (Å²) in [5, 5.41) is 10.5. The molecular weight excluding hydrogens is 274 g/mol. The van der Waals surface area contributed by atoms with Gasteiger partial charge in [0.2, 0.25) is 0 Å². The molecule has 2 aromatic rings. The van der Waals surface area contributed by atoms with Crippen molar-refractivity contribution >= 4 is 17.5 Å². The monoisotopic (exact) mass is 291 g/mol. The Balaban J connectivity index is 2.20. The SMILES string of the molecule is CCCC(C)NC(=O)c1cn[nH]c1-c1ccc(Cl)cc1. The van der Waals surface area contributed by atoms with Crippen LogP contribution in [0.25, 0.3) is 11.3 Å². The maximum atomic E-state index is 12.3. The van der Waals surface area contributed by atoms with Gasteiger partial charge in [-0.3, -0.25) is 9.89 Å². The second-order valence-corrected chi connectivity index (χ2v) is 5.27. The van der Waals surface area contributed by atoms with Gasteiger partial charge in [0.1, 0.15) is 0 Å². The van der Waals surface area contributed by atoms with Gasteiger partial charge in [0, 0.05) is 16.6 Å². The average molecular weight is 292 g/mol. The molecule has 0 bridgehead atoms. The van der Waals surface area contributed by atoms with E-state index in [0.29, 0.717) is 16.3 Å². The normalized spacial score (nSPS) is 12.2. The minimum Gasteiger partial charge on any atom is -0.349 e. The number of H-pyrrole nitrogens is 1. The minimum absolute atomic E-state index is 0.107. The van der Waals surface area contributed by atoms with Gasteiger partial charge in [-0.25, -0.2) is 0 Å². The molecule has 4 nitrogen and oxygen atoms in total. The van der Waals surface area contributed by atoms with Gasteiger partial charge in [0.05, 0.1) is 17.5 Å². The van der Waals surface area contributed by atoms with Crippen molar-refractivity contribution in [1.82, 2.24) is 15.5 Å². The van der Waals surface area contributed by atoms with Gasteiger partial charge in [0.25, 0.3) is 5.91 Å². The van der Waals surface area contributed by atoms with Crippen LogP contribution < -0.4 is 5.32 Å². The topological polar surface area (TPSA) is 57.8 Å². The van der Waals surface area contributed by atoms with E-state index in [1.54, 1.807) is 18.3 Å². The molecule has 0 radical (unpaired) electrons. The predicted molar refractivity (Wildman–Crippen MR) is 80.9 cm³/mol. The number of amides is 1. The van der Waals surface area contributed by atoms with E-state index >= 15 is 0 Å². The Morgan fingerprint density at radius 1 is 1.40 bits per heavy atom. The number of carbonyl (C=O) groups is 1. The van der Waals surface area contributed by atoms with Crippen LogP contribution in [0.4, 0.5) is 0 Å². The van der Waals surface area contributed by atoms with Gasteiger partial charge < -0.3 is 5.32 Å².